The van der Waals surface area contributed by atoms with Crippen LogP contribution in [-0.2, 0) is 6.18 Å². The molecule has 2 N–H and O–H groups in total. The molecule has 2 fully saturated rings. The third-order valence-corrected chi connectivity index (χ3v) is 5.57. The van der Waals surface area contributed by atoms with E-state index in [1.807, 2.05) is 9.80 Å². The number of alkyl halides is 3. The number of aromatic nitrogens is 3. The summed E-state index contributed by atoms with van der Waals surface area (Å²) in [5.41, 5.74) is 1.56. The molecule has 2 atom stereocenters. The van der Waals surface area contributed by atoms with Gasteiger partial charge in [0.15, 0.2) is 0 Å². The van der Waals surface area contributed by atoms with Crippen LogP contribution in [0.3, 0.4) is 0 Å². The Labute approximate surface area is 167 Å². The van der Waals surface area contributed by atoms with Gasteiger partial charge in [-0.3, -0.25) is 10.0 Å². The number of nitrogens with one attached hydrogen (secondary N) is 1. The fourth-order valence-corrected chi connectivity index (χ4v) is 3.95. The number of piperazine rings is 1. The topological polar surface area (TPSA) is 94.5 Å². The van der Waals surface area contributed by atoms with Crippen molar-refractivity contribution in [2.75, 3.05) is 22.9 Å². The van der Waals surface area contributed by atoms with E-state index in [0.29, 0.717) is 35.6 Å². The minimum atomic E-state index is -4.52. The zero-order valence-corrected chi connectivity index (χ0v) is 15.3. The maximum Gasteiger partial charge on any atom is 0.433 e. The number of pyridine rings is 1. The van der Waals surface area contributed by atoms with Crippen LogP contribution in [0.1, 0.15) is 16.1 Å². The molecule has 30 heavy (non-hydrogen) atoms. The number of fused-ring (bicyclic) bond motifs is 2. The number of hydrogen-bond donors (Lipinski definition) is 2. The number of amides is 1. The van der Waals surface area contributed by atoms with Gasteiger partial charge in [0, 0.05) is 36.6 Å². The Balaban J connectivity index is 1.39. The second-order valence-corrected chi connectivity index (χ2v) is 7.19. The molecule has 0 aliphatic carbocycles. The quantitative estimate of drug-likeness (QED) is 0.500. The number of rotatable bonds is 3. The van der Waals surface area contributed by atoms with Crippen molar-refractivity contribution in [2.24, 2.45) is 0 Å². The summed E-state index contributed by atoms with van der Waals surface area (Å²) in [6.07, 6.45) is -1.90. The molecule has 4 heterocycles. The number of hydrogen-bond acceptors (Lipinski definition) is 7. The van der Waals surface area contributed by atoms with Gasteiger partial charge < -0.3 is 9.80 Å². The highest BCUT2D eigenvalue weighted by Gasteiger charge is 2.53. The average Bonchev–Trinajstić information content (AvgIpc) is 2.73. The van der Waals surface area contributed by atoms with E-state index in [4.69, 9.17) is 5.21 Å². The first-order valence-corrected chi connectivity index (χ1v) is 9.13. The van der Waals surface area contributed by atoms with Gasteiger partial charge in [-0.15, -0.1) is 0 Å². The molecule has 0 spiro atoms. The number of carbonyl (C=O) groups excluding carboxylic acids is 1. The fraction of sp³-hybridized carbons (Fsp3) is 0.263. The van der Waals surface area contributed by atoms with Gasteiger partial charge in [-0.05, 0) is 12.1 Å². The van der Waals surface area contributed by atoms with Crippen LogP contribution in [0, 0.1) is 0 Å². The van der Waals surface area contributed by atoms with Crippen LogP contribution in [0.25, 0.3) is 10.9 Å². The largest absolute Gasteiger partial charge is 0.433 e. The van der Waals surface area contributed by atoms with Gasteiger partial charge >= 0.3 is 6.18 Å². The lowest BCUT2D eigenvalue weighted by Crippen LogP contribution is -2.79. The summed E-state index contributed by atoms with van der Waals surface area (Å²) in [6, 6.07) is 8.03. The van der Waals surface area contributed by atoms with Gasteiger partial charge in [-0.1, -0.05) is 18.2 Å². The molecular formula is C19H15F3N6O2. The van der Waals surface area contributed by atoms with Crippen molar-refractivity contribution in [3.8, 4) is 0 Å². The highest BCUT2D eigenvalue weighted by Crippen LogP contribution is 2.43. The first kappa shape index (κ1) is 18.6. The predicted molar refractivity (Wildman–Crippen MR) is 100 cm³/mol. The summed E-state index contributed by atoms with van der Waals surface area (Å²) < 4.78 is 40.0. The second-order valence-electron chi connectivity index (χ2n) is 7.19. The molecule has 2 aromatic heterocycles. The normalized spacial score (nSPS) is 20.4. The minimum Gasteiger partial charge on any atom is -0.362 e. The molecule has 2 saturated heterocycles. The van der Waals surface area contributed by atoms with E-state index in [9.17, 15) is 18.0 Å². The molecule has 8 nitrogen and oxygen atoms in total. The van der Waals surface area contributed by atoms with Crippen molar-refractivity contribution in [1.82, 2.24) is 20.4 Å². The molecule has 2 aliphatic heterocycles. The summed E-state index contributed by atoms with van der Waals surface area (Å²) in [4.78, 5) is 27.3. The number of benzene rings is 1. The summed E-state index contributed by atoms with van der Waals surface area (Å²) in [5.74, 6) is -0.274. The molecular weight excluding hydrogens is 401 g/mol. The zero-order valence-electron chi connectivity index (χ0n) is 15.3. The number of halogens is 3. The van der Waals surface area contributed by atoms with Crippen LogP contribution in [0.2, 0.25) is 0 Å². The van der Waals surface area contributed by atoms with Crippen molar-refractivity contribution in [1.29, 1.82) is 0 Å². The van der Waals surface area contributed by atoms with Crippen LogP contribution in [-0.4, -0.2) is 51.2 Å². The first-order valence-electron chi connectivity index (χ1n) is 9.13. The van der Waals surface area contributed by atoms with Crippen molar-refractivity contribution >= 4 is 28.4 Å². The molecule has 5 rings (SSSR count). The van der Waals surface area contributed by atoms with E-state index < -0.39 is 17.8 Å². The van der Waals surface area contributed by atoms with E-state index in [-0.39, 0.29) is 17.6 Å². The summed E-state index contributed by atoms with van der Waals surface area (Å²) in [6.45, 7) is 1.08. The lowest BCUT2D eigenvalue weighted by molar-refractivity contribution is -0.140. The van der Waals surface area contributed by atoms with E-state index in [1.54, 1.807) is 24.3 Å². The van der Waals surface area contributed by atoms with Gasteiger partial charge in [0.1, 0.15) is 5.69 Å². The van der Waals surface area contributed by atoms with E-state index >= 15 is 0 Å². The molecule has 1 aromatic carbocycles. The van der Waals surface area contributed by atoms with Crippen LogP contribution in [0.4, 0.5) is 24.8 Å². The lowest BCUT2D eigenvalue weighted by Gasteiger charge is -2.62. The van der Waals surface area contributed by atoms with Crippen LogP contribution in [0.5, 0.6) is 0 Å². The second kappa shape index (κ2) is 6.52. The molecule has 2 aliphatic rings. The highest BCUT2D eigenvalue weighted by molar-refractivity contribution is 5.93. The summed E-state index contributed by atoms with van der Waals surface area (Å²) in [5, 5.41) is 9.33. The SMILES string of the molecule is O=C(NO)c1cnc(N2CC3[C@H]2CN3c2cc(C(F)(F)F)nc3ccccc23)nc1. The highest BCUT2D eigenvalue weighted by atomic mass is 19.4. The number of para-hydroxylation sites is 1. The predicted octanol–water partition coefficient (Wildman–Crippen LogP) is 2.24. The van der Waals surface area contributed by atoms with E-state index in [1.165, 1.54) is 17.9 Å². The Bertz CT molecular complexity index is 1140. The smallest absolute Gasteiger partial charge is 0.362 e. The van der Waals surface area contributed by atoms with E-state index in [0.717, 1.165) is 6.07 Å². The fourth-order valence-electron chi connectivity index (χ4n) is 3.95. The van der Waals surface area contributed by atoms with Crippen molar-refractivity contribution in [2.45, 2.75) is 18.3 Å². The van der Waals surface area contributed by atoms with Gasteiger partial charge in [0.05, 0.1) is 23.2 Å². The maximum absolute atomic E-state index is 13.3. The summed E-state index contributed by atoms with van der Waals surface area (Å²) >= 11 is 0. The van der Waals surface area contributed by atoms with Crippen LogP contribution in [0.15, 0.2) is 42.7 Å². The lowest BCUT2D eigenvalue weighted by atomic mass is 9.84. The van der Waals surface area contributed by atoms with Crippen LogP contribution >= 0.6 is 0 Å². The third kappa shape index (κ3) is 2.81. The monoisotopic (exact) mass is 416 g/mol. The van der Waals surface area contributed by atoms with Gasteiger partial charge in [0.25, 0.3) is 5.91 Å². The maximum atomic E-state index is 13.3. The molecule has 1 amide bonds. The van der Waals surface area contributed by atoms with Gasteiger partial charge in [0.2, 0.25) is 5.95 Å². The van der Waals surface area contributed by atoms with Crippen molar-refractivity contribution in [3.05, 3.63) is 54.0 Å². The molecule has 0 saturated carbocycles. The molecule has 1 unspecified atom stereocenters. The average molecular weight is 416 g/mol. The van der Waals surface area contributed by atoms with Crippen molar-refractivity contribution in [3.63, 3.8) is 0 Å². The van der Waals surface area contributed by atoms with Crippen molar-refractivity contribution < 1.29 is 23.2 Å². The Hall–Kier alpha value is -3.47. The molecule has 0 bridgehead atoms. The number of nitrogens with zero attached hydrogens (tertiary/aromatic N) is 5. The third-order valence-electron chi connectivity index (χ3n) is 5.57. The zero-order chi connectivity index (χ0) is 21.0. The molecule has 154 valence electrons. The number of hydroxylamine groups is 1. The number of anilines is 2. The molecule has 3 aromatic rings. The Morgan fingerprint density at radius 2 is 1.77 bits per heavy atom. The Morgan fingerprint density at radius 3 is 2.40 bits per heavy atom. The molecule has 0 radical (unpaired) electrons. The van der Waals surface area contributed by atoms with Gasteiger partial charge in [-0.25, -0.2) is 20.4 Å². The Morgan fingerprint density at radius 1 is 1.10 bits per heavy atom. The molecule has 11 heteroatoms. The standard InChI is InChI=1S/C19H15F3N6O2/c20-19(21,22)16-5-13(11-3-1-2-4-12(11)25-16)27-8-15-14(27)9-28(15)18-23-6-10(7-24-18)17(29)26-30/h1-7,14-15,30H,8-9H2,(H,26,29)/t14?,15-/m1/s1. The van der Waals surface area contributed by atoms with Gasteiger partial charge in [-0.2, -0.15) is 13.2 Å². The summed E-state index contributed by atoms with van der Waals surface area (Å²) in [7, 11) is 0. The first-order chi connectivity index (χ1) is 14.4. The van der Waals surface area contributed by atoms with Crippen LogP contribution < -0.4 is 15.3 Å². The Kier molecular flexibility index (Phi) is 4.03. The van der Waals surface area contributed by atoms with E-state index in [2.05, 4.69) is 15.0 Å². The number of carbonyl (C=O) groups is 1. The minimum absolute atomic E-state index is 0.0425.